The van der Waals surface area contributed by atoms with Crippen LogP contribution in [-0.4, -0.2) is 5.71 Å². The van der Waals surface area contributed by atoms with Crippen molar-refractivity contribution in [1.82, 2.24) is 0 Å². The molecule has 1 aromatic carbocycles. The fourth-order valence-electron chi connectivity index (χ4n) is 1.49. The lowest BCUT2D eigenvalue weighted by atomic mass is 10.1. The van der Waals surface area contributed by atoms with E-state index in [9.17, 15) is 0 Å². The van der Waals surface area contributed by atoms with E-state index in [1.54, 1.807) is 0 Å². The molecule has 17 heavy (non-hydrogen) atoms. The minimum Gasteiger partial charge on any atom is -0.253 e. The third kappa shape index (κ3) is 4.64. The van der Waals surface area contributed by atoms with E-state index in [1.165, 1.54) is 0 Å². The van der Waals surface area contributed by atoms with Gasteiger partial charge < -0.3 is 0 Å². The van der Waals surface area contributed by atoms with Crippen molar-refractivity contribution >= 4 is 5.71 Å². The first-order valence-electron chi connectivity index (χ1n) is 5.87. The Bertz CT molecular complexity index is 424. The Labute approximate surface area is 104 Å². The van der Waals surface area contributed by atoms with Crippen LogP contribution < -0.4 is 0 Å². The van der Waals surface area contributed by atoms with Gasteiger partial charge in [0.25, 0.3) is 0 Å². The van der Waals surface area contributed by atoms with Crippen molar-refractivity contribution in [3.63, 3.8) is 0 Å². The average Bonchev–Trinajstić information content (AvgIpc) is 2.37. The largest absolute Gasteiger partial charge is 0.253 e. The zero-order valence-corrected chi connectivity index (χ0v) is 10.4. The molecule has 0 spiro atoms. The molecule has 0 fully saturated rings. The zero-order valence-electron chi connectivity index (χ0n) is 10.4. The van der Waals surface area contributed by atoms with Crippen LogP contribution in [0, 0.1) is 0 Å². The smallest absolute Gasteiger partial charge is 0.0558 e. The maximum Gasteiger partial charge on any atom is 0.0558 e. The van der Waals surface area contributed by atoms with Crippen LogP contribution in [0.15, 0.2) is 72.4 Å². The minimum absolute atomic E-state index is 0.785. The van der Waals surface area contributed by atoms with Gasteiger partial charge in [0.1, 0.15) is 0 Å². The molecule has 0 aliphatic rings. The quantitative estimate of drug-likeness (QED) is 0.383. The van der Waals surface area contributed by atoms with Gasteiger partial charge in [-0.2, -0.15) is 0 Å². The van der Waals surface area contributed by atoms with E-state index in [-0.39, 0.29) is 0 Å². The first-order chi connectivity index (χ1) is 8.27. The number of hydrogen-bond acceptors (Lipinski definition) is 1. The van der Waals surface area contributed by atoms with Crippen LogP contribution >= 0.6 is 0 Å². The van der Waals surface area contributed by atoms with Crippen molar-refractivity contribution in [1.29, 1.82) is 0 Å². The van der Waals surface area contributed by atoms with Crippen molar-refractivity contribution in [3.05, 3.63) is 73.0 Å². The first kappa shape index (κ1) is 13.2. The number of rotatable bonds is 6. The molecule has 1 heteroatoms. The molecule has 88 valence electrons. The van der Waals surface area contributed by atoms with Gasteiger partial charge in [-0.3, -0.25) is 4.99 Å². The van der Waals surface area contributed by atoms with E-state index < -0.39 is 0 Å². The van der Waals surface area contributed by atoms with E-state index >= 15 is 0 Å². The Kier molecular flexibility index (Phi) is 5.73. The van der Waals surface area contributed by atoms with Crippen molar-refractivity contribution in [2.45, 2.75) is 19.8 Å². The lowest BCUT2D eigenvalue weighted by Gasteiger charge is -2.03. The Morgan fingerprint density at radius 1 is 1.29 bits per heavy atom. The Morgan fingerprint density at radius 3 is 2.59 bits per heavy atom. The summed E-state index contributed by atoms with van der Waals surface area (Å²) in [5.41, 5.74) is 3.01. The molecule has 0 amide bonds. The van der Waals surface area contributed by atoms with Gasteiger partial charge in [-0.1, -0.05) is 56.0 Å². The predicted octanol–water partition coefficient (Wildman–Crippen LogP) is 4.53. The molecule has 0 radical (unpaired) electrons. The molecule has 0 bridgehead atoms. The summed E-state index contributed by atoms with van der Waals surface area (Å²) in [6.07, 6.45) is 7.54. The lowest BCUT2D eigenvalue weighted by Crippen LogP contribution is -1.98. The highest BCUT2D eigenvalue weighted by atomic mass is 14.7. The molecule has 0 atom stereocenters. The van der Waals surface area contributed by atoms with Gasteiger partial charge in [0.15, 0.2) is 0 Å². The fourth-order valence-corrected chi connectivity index (χ4v) is 1.49. The summed E-state index contributed by atoms with van der Waals surface area (Å²) in [5, 5.41) is 0. The van der Waals surface area contributed by atoms with Gasteiger partial charge in [0, 0.05) is 5.71 Å². The summed E-state index contributed by atoms with van der Waals surface area (Å²) in [5.74, 6) is 0. The maximum atomic E-state index is 4.54. The van der Waals surface area contributed by atoms with Crippen LogP contribution in [0.2, 0.25) is 0 Å². The van der Waals surface area contributed by atoms with E-state index in [1.807, 2.05) is 36.4 Å². The fraction of sp³-hybridized carbons (Fsp3) is 0.188. The summed E-state index contributed by atoms with van der Waals surface area (Å²) in [6.45, 7) is 9.70. The van der Waals surface area contributed by atoms with E-state index in [0.717, 1.165) is 29.8 Å². The van der Waals surface area contributed by atoms with Gasteiger partial charge in [-0.15, -0.1) is 6.58 Å². The number of benzene rings is 1. The van der Waals surface area contributed by atoms with Gasteiger partial charge in [-0.25, -0.2) is 0 Å². The highest BCUT2D eigenvalue weighted by Crippen LogP contribution is 2.08. The molecular weight excluding hydrogens is 206 g/mol. The SMILES string of the molecule is C=CCC=CC(=C)N=C(CC)c1ccccc1. The molecule has 0 aliphatic heterocycles. The molecule has 1 nitrogen and oxygen atoms in total. The number of hydrogen-bond donors (Lipinski definition) is 0. The summed E-state index contributed by atoms with van der Waals surface area (Å²) in [4.78, 5) is 4.54. The predicted molar refractivity (Wildman–Crippen MR) is 76.4 cm³/mol. The van der Waals surface area contributed by atoms with Crippen LogP contribution in [0.4, 0.5) is 0 Å². The molecule has 0 unspecified atom stereocenters. The van der Waals surface area contributed by atoms with Gasteiger partial charge in [0.05, 0.1) is 5.70 Å². The molecule has 0 aromatic heterocycles. The number of aliphatic imine (C=N–C) groups is 1. The third-order valence-electron chi connectivity index (χ3n) is 2.33. The molecule has 1 rings (SSSR count). The van der Waals surface area contributed by atoms with Gasteiger partial charge in [-0.05, 0) is 24.5 Å². The second-order valence-corrected chi connectivity index (χ2v) is 3.70. The van der Waals surface area contributed by atoms with Crippen molar-refractivity contribution in [2.24, 2.45) is 4.99 Å². The highest BCUT2D eigenvalue weighted by Gasteiger charge is 1.99. The average molecular weight is 225 g/mol. The Balaban J connectivity index is 2.80. The summed E-state index contributed by atoms with van der Waals surface area (Å²) in [7, 11) is 0. The molecule has 1 aromatic rings. The van der Waals surface area contributed by atoms with Crippen LogP contribution in [0.25, 0.3) is 0 Å². The summed E-state index contributed by atoms with van der Waals surface area (Å²) >= 11 is 0. The topological polar surface area (TPSA) is 12.4 Å². The highest BCUT2D eigenvalue weighted by molar-refractivity contribution is 6.01. The van der Waals surface area contributed by atoms with Crippen LogP contribution in [0.5, 0.6) is 0 Å². The van der Waals surface area contributed by atoms with Crippen molar-refractivity contribution < 1.29 is 0 Å². The second-order valence-electron chi connectivity index (χ2n) is 3.70. The Morgan fingerprint density at radius 2 is 2.00 bits per heavy atom. The molecule has 0 heterocycles. The molecule has 0 saturated carbocycles. The Hall–Kier alpha value is -1.89. The van der Waals surface area contributed by atoms with E-state index in [4.69, 9.17) is 0 Å². The number of nitrogens with zero attached hydrogens (tertiary/aromatic N) is 1. The standard InChI is InChI=1S/C16H19N/c1-4-6-8-11-14(3)17-16(5-2)15-12-9-7-10-13-15/h4,7-13H,1,3,5-6H2,2H3. The van der Waals surface area contributed by atoms with Crippen molar-refractivity contribution in [2.75, 3.05) is 0 Å². The van der Waals surface area contributed by atoms with Crippen molar-refractivity contribution in [3.8, 4) is 0 Å². The number of allylic oxidation sites excluding steroid dienone is 3. The molecule has 0 saturated heterocycles. The van der Waals surface area contributed by atoms with Crippen LogP contribution in [0.1, 0.15) is 25.3 Å². The lowest BCUT2D eigenvalue weighted by molar-refractivity contribution is 1.24. The third-order valence-corrected chi connectivity index (χ3v) is 2.33. The summed E-state index contributed by atoms with van der Waals surface area (Å²) in [6, 6.07) is 10.2. The molecular formula is C16H19N. The van der Waals surface area contributed by atoms with Gasteiger partial charge in [0.2, 0.25) is 0 Å². The normalized spacial score (nSPS) is 11.7. The first-order valence-corrected chi connectivity index (χ1v) is 5.87. The zero-order chi connectivity index (χ0) is 12.5. The summed E-state index contributed by atoms with van der Waals surface area (Å²) < 4.78 is 0. The minimum atomic E-state index is 0.785. The molecule has 0 aliphatic carbocycles. The van der Waals surface area contributed by atoms with Crippen LogP contribution in [-0.2, 0) is 0 Å². The van der Waals surface area contributed by atoms with Crippen LogP contribution in [0.3, 0.4) is 0 Å². The van der Waals surface area contributed by atoms with E-state index in [2.05, 4.69) is 37.2 Å². The monoisotopic (exact) mass is 225 g/mol. The van der Waals surface area contributed by atoms with Gasteiger partial charge >= 0.3 is 0 Å². The second kappa shape index (κ2) is 7.39. The molecule has 0 N–H and O–H groups in total. The maximum absolute atomic E-state index is 4.54. The van der Waals surface area contributed by atoms with E-state index in [0.29, 0.717) is 0 Å².